The van der Waals surface area contributed by atoms with Crippen LogP contribution >= 0.6 is 7.82 Å². The van der Waals surface area contributed by atoms with Crippen LogP contribution in [-0.2, 0) is 27.9 Å². The molecule has 0 aromatic carbocycles. The molecule has 1 amide bonds. The smallest absolute Gasteiger partial charge is 0.306 e. The molecule has 0 fully saturated rings. The average Bonchev–Trinajstić information content (AvgIpc) is 3.46. The molecule has 0 bridgehead atoms. The van der Waals surface area contributed by atoms with Gasteiger partial charge in [0.15, 0.2) is 0 Å². The lowest BCUT2D eigenvalue weighted by Crippen LogP contribution is -2.47. The second kappa shape index (κ2) is 62.8. The summed E-state index contributed by atoms with van der Waals surface area (Å²) in [5.41, 5.74) is 0. The summed E-state index contributed by atoms with van der Waals surface area (Å²) in [7, 11) is 1.19. The molecule has 0 rings (SSSR count). The Kier molecular flexibility index (Phi) is 61.0. The van der Waals surface area contributed by atoms with Gasteiger partial charge in [-0.1, -0.05) is 294 Å². The van der Waals surface area contributed by atoms with Gasteiger partial charge in [-0.15, -0.1) is 0 Å². The van der Waals surface area contributed by atoms with Crippen LogP contribution in [0.15, 0.2) is 60.8 Å². The first-order chi connectivity index (χ1) is 40.4. The van der Waals surface area contributed by atoms with Gasteiger partial charge in [0.25, 0.3) is 7.82 Å². The Morgan fingerprint density at radius 1 is 0.422 bits per heavy atom. The van der Waals surface area contributed by atoms with Crippen LogP contribution in [0.2, 0.25) is 0 Å². The largest absolute Gasteiger partial charge is 0.756 e. The summed E-state index contributed by atoms with van der Waals surface area (Å²) < 4.78 is 30.5. The van der Waals surface area contributed by atoms with E-state index in [9.17, 15) is 19.0 Å². The van der Waals surface area contributed by atoms with Gasteiger partial charge in [0.2, 0.25) is 5.91 Å². The molecule has 9 nitrogen and oxygen atoms in total. The maximum Gasteiger partial charge on any atom is 0.306 e. The second-order valence-corrected chi connectivity index (χ2v) is 26.8. The molecule has 83 heavy (non-hydrogen) atoms. The maximum atomic E-state index is 13.6. The third-order valence-electron chi connectivity index (χ3n) is 15.9. The third kappa shape index (κ3) is 64.0. The number of ether oxygens (including phenoxy) is 1. The number of likely N-dealkylation sites (N-methyl/N-ethyl adjacent to an activating group) is 1. The first-order valence-corrected chi connectivity index (χ1v) is 37.1. The van der Waals surface area contributed by atoms with Crippen molar-refractivity contribution in [2.45, 2.75) is 354 Å². The number of esters is 1. The number of hydrogen-bond acceptors (Lipinski definition) is 7. The SMILES string of the molecule is CCCCC/C=C\C/C=C\C/C=C\CCCCCCCCCCCCCCC(=O)NC(COP(=O)([O-])OCC[N+](C)(C)C)C(/C=C\CCCCCCCCCCCCC)OC(=O)CCCCCCCCCCC/C=C/CCCCCCCC. The molecule has 0 aromatic heterocycles. The van der Waals surface area contributed by atoms with Crippen LogP contribution in [0.4, 0.5) is 0 Å². The molecule has 0 aliphatic carbocycles. The van der Waals surface area contributed by atoms with Crippen LogP contribution in [0.5, 0.6) is 0 Å². The minimum Gasteiger partial charge on any atom is -0.756 e. The lowest BCUT2D eigenvalue weighted by Gasteiger charge is -2.30. The van der Waals surface area contributed by atoms with Crippen molar-refractivity contribution >= 4 is 19.7 Å². The van der Waals surface area contributed by atoms with Gasteiger partial charge in [0.1, 0.15) is 19.3 Å². The molecule has 0 aromatic rings. The molecule has 0 spiro atoms. The number of quaternary nitrogens is 1. The lowest BCUT2D eigenvalue weighted by molar-refractivity contribution is -0.870. The van der Waals surface area contributed by atoms with Gasteiger partial charge in [-0.25, -0.2) is 0 Å². The topological polar surface area (TPSA) is 114 Å². The van der Waals surface area contributed by atoms with Crippen LogP contribution in [-0.4, -0.2) is 69.4 Å². The average molecular weight is 1190 g/mol. The van der Waals surface area contributed by atoms with Gasteiger partial charge in [0, 0.05) is 12.8 Å². The number of nitrogens with one attached hydrogen (secondary N) is 1. The molecule has 486 valence electrons. The van der Waals surface area contributed by atoms with Gasteiger partial charge >= 0.3 is 5.97 Å². The Hall–Kier alpha value is -2.29. The van der Waals surface area contributed by atoms with Crippen molar-refractivity contribution < 1.29 is 37.3 Å². The fourth-order valence-electron chi connectivity index (χ4n) is 10.4. The molecule has 1 N–H and O–H groups in total. The van der Waals surface area contributed by atoms with E-state index in [1.165, 1.54) is 238 Å². The Morgan fingerprint density at radius 3 is 1.13 bits per heavy atom. The first-order valence-electron chi connectivity index (χ1n) is 35.6. The molecular formula is C73H137N2O7P. The molecule has 3 atom stereocenters. The number of hydrogen-bond donors (Lipinski definition) is 1. The molecule has 10 heteroatoms. The fraction of sp³-hybridized carbons (Fsp3) is 0.836. The number of phosphoric acid groups is 1. The number of amides is 1. The number of phosphoric ester groups is 1. The van der Waals surface area contributed by atoms with Crippen molar-refractivity contribution in [3.05, 3.63) is 60.8 Å². The van der Waals surface area contributed by atoms with E-state index < -0.39 is 20.0 Å². The van der Waals surface area contributed by atoms with E-state index in [0.29, 0.717) is 17.4 Å². The number of nitrogens with zero attached hydrogens (tertiary/aromatic N) is 1. The summed E-state index contributed by atoms with van der Waals surface area (Å²) in [5, 5.41) is 3.05. The van der Waals surface area contributed by atoms with Crippen LogP contribution in [0.1, 0.15) is 342 Å². The molecular weight excluding hydrogens is 1050 g/mol. The van der Waals surface area contributed by atoms with Crippen molar-refractivity contribution in [2.75, 3.05) is 40.9 Å². The number of allylic oxidation sites excluding steroid dienone is 9. The highest BCUT2D eigenvalue weighted by Gasteiger charge is 2.27. The van der Waals surface area contributed by atoms with Gasteiger partial charge in [-0.2, -0.15) is 0 Å². The zero-order chi connectivity index (χ0) is 60.7. The Labute approximate surface area is 515 Å². The second-order valence-electron chi connectivity index (χ2n) is 25.4. The van der Waals surface area contributed by atoms with E-state index in [1.807, 2.05) is 33.3 Å². The number of unbranched alkanes of at least 4 members (excludes halogenated alkanes) is 41. The third-order valence-corrected chi connectivity index (χ3v) is 16.9. The van der Waals surface area contributed by atoms with E-state index in [-0.39, 0.29) is 31.5 Å². The zero-order valence-electron chi connectivity index (χ0n) is 55.7. The first kappa shape index (κ1) is 80.7. The number of rotatable bonds is 65. The van der Waals surface area contributed by atoms with Crippen LogP contribution in [0.3, 0.4) is 0 Å². The van der Waals surface area contributed by atoms with Crippen molar-refractivity contribution in [3.63, 3.8) is 0 Å². The quantitative estimate of drug-likeness (QED) is 0.0212. The summed E-state index contributed by atoms with van der Waals surface area (Å²) in [6.45, 7) is 6.85. The van der Waals surface area contributed by atoms with Crippen molar-refractivity contribution in [2.24, 2.45) is 0 Å². The van der Waals surface area contributed by atoms with Gasteiger partial charge in [-0.05, 0) is 96.0 Å². The van der Waals surface area contributed by atoms with Crippen LogP contribution < -0.4 is 10.2 Å². The van der Waals surface area contributed by atoms with Gasteiger partial charge in [0.05, 0.1) is 33.8 Å². The minimum absolute atomic E-state index is 0.0228. The van der Waals surface area contributed by atoms with Crippen molar-refractivity contribution in [1.82, 2.24) is 5.32 Å². The van der Waals surface area contributed by atoms with Gasteiger partial charge in [-0.3, -0.25) is 14.2 Å². The van der Waals surface area contributed by atoms with Gasteiger partial charge < -0.3 is 28.5 Å². The highest BCUT2D eigenvalue weighted by atomic mass is 31.2. The van der Waals surface area contributed by atoms with E-state index in [4.69, 9.17) is 13.8 Å². The summed E-state index contributed by atoms with van der Waals surface area (Å²) in [5.74, 6) is -0.533. The monoisotopic (exact) mass is 1190 g/mol. The zero-order valence-corrected chi connectivity index (χ0v) is 56.6. The van der Waals surface area contributed by atoms with Crippen LogP contribution in [0, 0.1) is 0 Å². The van der Waals surface area contributed by atoms with E-state index >= 15 is 0 Å². The summed E-state index contributed by atoms with van der Waals surface area (Å²) in [4.78, 5) is 40.2. The predicted octanol–water partition coefficient (Wildman–Crippen LogP) is 21.9. The molecule has 0 aliphatic heterocycles. The minimum atomic E-state index is -4.71. The fourth-order valence-corrected chi connectivity index (χ4v) is 11.1. The molecule has 0 saturated carbocycles. The molecule has 3 unspecified atom stereocenters. The van der Waals surface area contributed by atoms with Crippen molar-refractivity contribution in [3.8, 4) is 0 Å². The molecule has 0 aliphatic rings. The van der Waals surface area contributed by atoms with Crippen LogP contribution in [0.25, 0.3) is 0 Å². The summed E-state index contributed by atoms with van der Waals surface area (Å²) >= 11 is 0. The summed E-state index contributed by atoms with van der Waals surface area (Å²) in [6, 6.07) is -0.891. The Bertz CT molecular complexity index is 1600. The van der Waals surface area contributed by atoms with E-state index in [0.717, 1.165) is 70.6 Å². The van der Waals surface area contributed by atoms with E-state index in [1.54, 1.807) is 0 Å². The molecule has 0 heterocycles. The Morgan fingerprint density at radius 2 is 0.735 bits per heavy atom. The number of carbonyl (C=O) groups excluding carboxylic acids is 2. The highest BCUT2D eigenvalue weighted by molar-refractivity contribution is 7.45. The lowest BCUT2D eigenvalue weighted by atomic mass is 10.0. The molecule has 0 saturated heterocycles. The highest BCUT2D eigenvalue weighted by Crippen LogP contribution is 2.38. The summed E-state index contributed by atoms with van der Waals surface area (Å²) in [6.07, 6.45) is 80.5. The Balaban J connectivity index is 5.10. The number of carbonyl (C=O) groups is 2. The van der Waals surface area contributed by atoms with Crippen molar-refractivity contribution in [1.29, 1.82) is 0 Å². The molecule has 0 radical (unpaired) electrons. The standard InChI is InChI=1S/C73H137N2O7P/c1-7-10-13-16-19-22-25-28-30-32-34-35-36-37-38-39-41-42-44-47-50-53-56-59-62-65-72(76)74-70(69-81-83(78,79)80-68-67-75(4,5)6)71(64-61-58-55-52-49-46-27-24-21-18-15-12-9-3)82-73(77)66-63-60-57-54-51-48-45-43-40-33-31-29-26-23-20-17-14-11-8-2/h19,22,28-31,34-35,61,64,70-71H,7-18,20-21,23-27,32-33,36-60,62-63,65-69H2,1-6H3,(H-,74,76,78,79)/b22-19-,30-28-,31-29+,35-34-,64-61-. The normalized spacial score (nSPS) is 13.9. The maximum absolute atomic E-state index is 13.6. The predicted molar refractivity (Wildman–Crippen MR) is 358 cm³/mol. The van der Waals surface area contributed by atoms with E-state index in [2.05, 4.69) is 74.7 Å².